The fraction of sp³-hybridized carbons (Fsp3) is 0.455. The van der Waals surface area contributed by atoms with Crippen molar-refractivity contribution in [3.8, 4) is 0 Å². The van der Waals surface area contributed by atoms with Gasteiger partial charge in [-0.05, 0) is 32.5 Å². The summed E-state index contributed by atoms with van der Waals surface area (Å²) in [6.07, 6.45) is 0. The molecule has 6 heteroatoms. The zero-order valence-electron chi connectivity index (χ0n) is 10.1. The third-order valence-electron chi connectivity index (χ3n) is 2.50. The minimum Gasteiger partial charge on any atom is -0.316 e. The van der Waals surface area contributed by atoms with Gasteiger partial charge in [-0.15, -0.1) is 0 Å². The maximum atomic E-state index is 13.5. The number of nitrogens with one attached hydrogen (secondary N) is 2. The molecule has 4 nitrogen and oxygen atoms in total. The molecule has 1 unspecified atom stereocenters. The normalized spacial score (nSPS) is 13.6. The molecule has 1 atom stereocenters. The summed E-state index contributed by atoms with van der Waals surface area (Å²) in [5.74, 6) is -0.727. The van der Waals surface area contributed by atoms with Crippen molar-refractivity contribution in [3.05, 3.63) is 29.6 Å². The highest BCUT2D eigenvalue weighted by molar-refractivity contribution is 7.89. The Morgan fingerprint density at radius 3 is 2.59 bits per heavy atom. The first-order valence-electron chi connectivity index (χ1n) is 5.30. The van der Waals surface area contributed by atoms with Crippen LogP contribution in [0.25, 0.3) is 0 Å². The van der Waals surface area contributed by atoms with E-state index in [1.54, 1.807) is 20.0 Å². The van der Waals surface area contributed by atoms with Gasteiger partial charge in [-0.2, -0.15) is 0 Å². The first-order chi connectivity index (χ1) is 7.88. The molecule has 0 radical (unpaired) electrons. The van der Waals surface area contributed by atoms with Gasteiger partial charge in [-0.3, -0.25) is 0 Å². The Morgan fingerprint density at radius 2 is 2.06 bits per heavy atom. The van der Waals surface area contributed by atoms with Crippen LogP contribution < -0.4 is 10.0 Å². The Balaban J connectivity index is 2.98. The Morgan fingerprint density at radius 1 is 1.41 bits per heavy atom. The molecule has 0 saturated carbocycles. The van der Waals surface area contributed by atoms with Crippen molar-refractivity contribution in [3.63, 3.8) is 0 Å². The van der Waals surface area contributed by atoms with E-state index in [9.17, 15) is 12.8 Å². The van der Waals surface area contributed by atoms with E-state index in [-0.39, 0.29) is 17.5 Å². The quantitative estimate of drug-likeness (QED) is 0.831. The van der Waals surface area contributed by atoms with E-state index in [4.69, 9.17) is 0 Å². The zero-order chi connectivity index (χ0) is 13.1. The maximum Gasteiger partial charge on any atom is 0.243 e. The van der Waals surface area contributed by atoms with Crippen LogP contribution in [0.3, 0.4) is 0 Å². The van der Waals surface area contributed by atoms with Crippen LogP contribution in [0.2, 0.25) is 0 Å². The van der Waals surface area contributed by atoms with Crippen LogP contribution in [0.1, 0.15) is 12.5 Å². The van der Waals surface area contributed by atoms with E-state index >= 15 is 0 Å². The SMILES string of the molecule is CNC(C)CNS(=O)(=O)c1c(C)cccc1F. The number of hydrogen-bond donors (Lipinski definition) is 2. The van der Waals surface area contributed by atoms with Crippen LogP contribution in [0, 0.1) is 12.7 Å². The number of halogens is 1. The molecule has 0 fully saturated rings. The lowest BCUT2D eigenvalue weighted by atomic mass is 10.2. The van der Waals surface area contributed by atoms with Gasteiger partial charge in [0, 0.05) is 12.6 Å². The summed E-state index contributed by atoms with van der Waals surface area (Å²) in [6.45, 7) is 3.61. The molecule has 2 N–H and O–H groups in total. The Bertz CT molecular complexity index is 468. The van der Waals surface area contributed by atoms with Gasteiger partial charge in [-0.25, -0.2) is 17.5 Å². The molecule has 1 aromatic rings. The molecule has 0 aliphatic carbocycles. The highest BCUT2D eigenvalue weighted by Crippen LogP contribution is 2.18. The van der Waals surface area contributed by atoms with Crippen LogP contribution in [-0.2, 0) is 10.0 Å². The van der Waals surface area contributed by atoms with E-state index in [1.807, 2.05) is 6.92 Å². The highest BCUT2D eigenvalue weighted by Gasteiger charge is 2.21. The van der Waals surface area contributed by atoms with E-state index in [1.165, 1.54) is 6.07 Å². The van der Waals surface area contributed by atoms with E-state index < -0.39 is 15.8 Å². The van der Waals surface area contributed by atoms with Crippen molar-refractivity contribution < 1.29 is 12.8 Å². The Kier molecular flexibility index (Phi) is 4.62. The molecular formula is C11H17FN2O2S. The predicted octanol–water partition coefficient (Wildman–Crippen LogP) is 1.02. The molecule has 96 valence electrons. The lowest BCUT2D eigenvalue weighted by molar-refractivity contribution is 0.539. The minimum absolute atomic E-state index is 0.0168. The van der Waals surface area contributed by atoms with Crippen molar-refractivity contribution in [1.29, 1.82) is 0 Å². The molecular weight excluding hydrogens is 243 g/mol. The summed E-state index contributed by atoms with van der Waals surface area (Å²) in [5, 5.41) is 2.90. The van der Waals surface area contributed by atoms with Gasteiger partial charge in [0.1, 0.15) is 10.7 Å². The number of benzene rings is 1. The summed E-state index contributed by atoms with van der Waals surface area (Å²) in [5.41, 5.74) is 0.398. The minimum atomic E-state index is -3.79. The van der Waals surface area contributed by atoms with Gasteiger partial charge in [-0.1, -0.05) is 12.1 Å². The predicted molar refractivity (Wildman–Crippen MR) is 64.8 cm³/mol. The van der Waals surface area contributed by atoms with E-state index in [0.29, 0.717) is 5.56 Å². The van der Waals surface area contributed by atoms with Crippen LogP contribution >= 0.6 is 0 Å². The summed E-state index contributed by atoms with van der Waals surface area (Å²) >= 11 is 0. The molecule has 0 amide bonds. The standard InChI is InChI=1S/C11H17FN2O2S/c1-8-5-4-6-10(12)11(8)17(15,16)14-7-9(2)13-3/h4-6,9,13-14H,7H2,1-3H3. The molecule has 0 aliphatic heterocycles. The summed E-state index contributed by atoms with van der Waals surface area (Å²) in [6, 6.07) is 4.18. The molecule has 0 heterocycles. The van der Waals surface area contributed by atoms with Gasteiger partial charge < -0.3 is 5.32 Å². The largest absolute Gasteiger partial charge is 0.316 e. The van der Waals surface area contributed by atoms with E-state index in [2.05, 4.69) is 10.0 Å². The van der Waals surface area contributed by atoms with Crippen molar-refractivity contribution in [1.82, 2.24) is 10.0 Å². The summed E-state index contributed by atoms with van der Waals surface area (Å²) in [7, 11) is -2.06. The fourth-order valence-electron chi connectivity index (χ4n) is 1.37. The molecule has 0 saturated heterocycles. The molecule has 17 heavy (non-hydrogen) atoms. The third kappa shape index (κ3) is 3.49. The van der Waals surface area contributed by atoms with Crippen LogP contribution in [-0.4, -0.2) is 28.1 Å². The monoisotopic (exact) mass is 260 g/mol. The van der Waals surface area contributed by atoms with Crippen LogP contribution in [0.5, 0.6) is 0 Å². The smallest absolute Gasteiger partial charge is 0.243 e. The van der Waals surface area contributed by atoms with Crippen LogP contribution in [0.15, 0.2) is 23.1 Å². The van der Waals surface area contributed by atoms with Gasteiger partial charge in [0.2, 0.25) is 10.0 Å². The second kappa shape index (κ2) is 5.57. The average molecular weight is 260 g/mol. The van der Waals surface area contributed by atoms with Gasteiger partial charge in [0.25, 0.3) is 0 Å². The average Bonchev–Trinajstić information content (AvgIpc) is 2.25. The summed E-state index contributed by atoms with van der Waals surface area (Å²) in [4.78, 5) is -0.275. The number of likely N-dealkylation sites (N-methyl/N-ethyl adjacent to an activating group) is 1. The fourth-order valence-corrected chi connectivity index (χ4v) is 2.80. The van der Waals surface area contributed by atoms with Gasteiger partial charge >= 0.3 is 0 Å². The van der Waals surface area contributed by atoms with Gasteiger partial charge in [0.15, 0.2) is 0 Å². The molecule has 0 aromatic heterocycles. The Labute approximate surface area is 101 Å². The molecule has 0 spiro atoms. The first-order valence-corrected chi connectivity index (χ1v) is 6.79. The molecule has 0 bridgehead atoms. The van der Waals surface area contributed by atoms with Crippen molar-refractivity contribution in [2.75, 3.05) is 13.6 Å². The van der Waals surface area contributed by atoms with Crippen LogP contribution in [0.4, 0.5) is 4.39 Å². The number of rotatable bonds is 5. The number of sulfonamides is 1. The second-order valence-electron chi connectivity index (χ2n) is 3.93. The number of hydrogen-bond acceptors (Lipinski definition) is 3. The van der Waals surface area contributed by atoms with Crippen molar-refractivity contribution in [2.24, 2.45) is 0 Å². The first kappa shape index (κ1) is 14.1. The van der Waals surface area contributed by atoms with Crippen molar-refractivity contribution in [2.45, 2.75) is 24.8 Å². The molecule has 1 rings (SSSR count). The van der Waals surface area contributed by atoms with E-state index in [0.717, 1.165) is 6.07 Å². The molecule has 0 aliphatic rings. The highest BCUT2D eigenvalue weighted by atomic mass is 32.2. The zero-order valence-corrected chi connectivity index (χ0v) is 10.9. The van der Waals surface area contributed by atoms with Crippen molar-refractivity contribution >= 4 is 10.0 Å². The lowest BCUT2D eigenvalue weighted by Crippen LogP contribution is -2.37. The maximum absolute atomic E-state index is 13.5. The Hall–Kier alpha value is -0.980. The molecule has 1 aromatic carbocycles. The summed E-state index contributed by atoms with van der Waals surface area (Å²) < 4.78 is 39.7. The topological polar surface area (TPSA) is 58.2 Å². The third-order valence-corrected chi connectivity index (χ3v) is 4.11. The second-order valence-corrected chi connectivity index (χ2v) is 5.63. The van der Waals surface area contributed by atoms with Gasteiger partial charge in [0.05, 0.1) is 0 Å². The number of aryl methyl sites for hydroxylation is 1. The lowest BCUT2D eigenvalue weighted by Gasteiger charge is -2.13.